The number of hydrogen-bond acceptors (Lipinski definition) is 6. The smallest absolute Gasteiger partial charge is 0.274 e. The van der Waals surface area contributed by atoms with Crippen molar-refractivity contribution in [2.75, 3.05) is 17.4 Å². The molecule has 1 aliphatic rings. The number of carbonyl (C=O) groups is 1. The van der Waals surface area contributed by atoms with E-state index in [1.54, 1.807) is 31.2 Å². The molecule has 2 N–H and O–H groups in total. The van der Waals surface area contributed by atoms with Crippen LogP contribution in [-0.4, -0.2) is 22.7 Å². The van der Waals surface area contributed by atoms with Gasteiger partial charge in [0.2, 0.25) is 6.79 Å². The summed E-state index contributed by atoms with van der Waals surface area (Å²) < 4.78 is 10.6. The number of ether oxygens (including phenoxy) is 2. The van der Waals surface area contributed by atoms with Crippen molar-refractivity contribution in [1.29, 1.82) is 0 Å². The van der Waals surface area contributed by atoms with Crippen LogP contribution in [0.2, 0.25) is 0 Å². The van der Waals surface area contributed by atoms with Crippen LogP contribution in [0.3, 0.4) is 0 Å². The second-order valence-electron chi connectivity index (χ2n) is 6.49. The van der Waals surface area contributed by atoms with Crippen molar-refractivity contribution in [3.63, 3.8) is 0 Å². The lowest BCUT2D eigenvalue weighted by molar-refractivity contribution is 0.102. The molecule has 0 spiro atoms. The second kappa shape index (κ2) is 7.56. The molecule has 0 aliphatic carbocycles. The van der Waals surface area contributed by atoms with Gasteiger partial charge in [-0.05, 0) is 37.1 Å². The lowest BCUT2D eigenvalue weighted by Crippen LogP contribution is -2.16. The molecule has 0 unspecified atom stereocenters. The number of anilines is 2. The summed E-state index contributed by atoms with van der Waals surface area (Å²) in [6.07, 6.45) is 0. The molecule has 7 heteroatoms. The van der Waals surface area contributed by atoms with Gasteiger partial charge >= 0.3 is 0 Å². The van der Waals surface area contributed by atoms with E-state index in [9.17, 15) is 4.79 Å². The zero-order valence-corrected chi connectivity index (χ0v) is 15.7. The van der Waals surface area contributed by atoms with Crippen LogP contribution in [0.5, 0.6) is 11.5 Å². The van der Waals surface area contributed by atoms with Gasteiger partial charge in [-0.1, -0.05) is 24.3 Å². The number of hydrogen-bond donors (Lipinski definition) is 2. The second-order valence-corrected chi connectivity index (χ2v) is 6.49. The Balaban J connectivity index is 1.48. The first-order valence-corrected chi connectivity index (χ1v) is 8.93. The van der Waals surface area contributed by atoms with E-state index in [2.05, 4.69) is 39.7 Å². The predicted molar refractivity (Wildman–Crippen MR) is 106 cm³/mol. The maximum absolute atomic E-state index is 12.6. The Bertz CT molecular complexity index is 1040. The van der Waals surface area contributed by atoms with Gasteiger partial charge in [0.05, 0.1) is 0 Å². The van der Waals surface area contributed by atoms with E-state index in [0.29, 0.717) is 35.4 Å². The number of rotatable bonds is 5. The molecule has 4 rings (SSSR count). The fraction of sp³-hybridized carbons (Fsp3) is 0.190. The summed E-state index contributed by atoms with van der Waals surface area (Å²) >= 11 is 0. The van der Waals surface area contributed by atoms with E-state index in [1.807, 2.05) is 12.1 Å². The van der Waals surface area contributed by atoms with Crippen LogP contribution in [0.15, 0.2) is 48.5 Å². The van der Waals surface area contributed by atoms with Gasteiger partial charge < -0.3 is 20.1 Å². The Morgan fingerprint density at radius 3 is 2.71 bits per heavy atom. The Hall–Kier alpha value is -3.61. The summed E-state index contributed by atoms with van der Waals surface area (Å²) in [5.74, 6) is 2.08. The van der Waals surface area contributed by atoms with Crippen LogP contribution in [0.1, 0.15) is 27.4 Å². The molecule has 1 aliphatic heterocycles. The fourth-order valence-electron chi connectivity index (χ4n) is 2.94. The molecule has 7 nitrogen and oxygen atoms in total. The number of aromatic nitrogens is 2. The molecule has 0 saturated heterocycles. The number of nitrogens with zero attached hydrogens (tertiary/aromatic N) is 2. The highest BCUT2D eigenvalue weighted by molar-refractivity contribution is 6.03. The number of amides is 1. The fourth-order valence-corrected chi connectivity index (χ4v) is 2.94. The van der Waals surface area contributed by atoms with Crippen molar-refractivity contribution < 1.29 is 14.3 Å². The molecule has 0 atom stereocenters. The maximum Gasteiger partial charge on any atom is 0.274 e. The molecule has 142 valence electrons. The lowest BCUT2D eigenvalue weighted by Gasteiger charge is -2.11. The average molecular weight is 376 g/mol. The zero-order chi connectivity index (χ0) is 19.5. The van der Waals surface area contributed by atoms with Crippen molar-refractivity contribution in [3.8, 4) is 11.5 Å². The Morgan fingerprint density at radius 2 is 1.86 bits per heavy atom. The number of aryl methyl sites for hydroxylation is 2. The monoisotopic (exact) mass is 376 g/mol. The minimum absolute atomic E-state index is 0.188. The van der Waals surface area contributed by atoms with Crippen LogP contribution >= 0.6 is 0 Å². The van der Waals surface area contributed by atoms with Crippen molar-refractivity contribution in [2.24, 2.45) is 0 Å². The highest BCUT2D eigenvalue weighted by Crippen LogP contribution is 2.34. The molecular formula is C21H20N4O3. The van der Waals surface area contributed by atoms with E-state index in [0.717, 1.165) is 0 Å². The van der Waals surface area contributed by atoms with E-state index < -0.39 is 0 Å². The van der Waals surface area contributed by atoms with Crippen molar-refractivity contribution in [3.05, 3.63) is 71.2 Å². The lowest BCUT2D eigenvalue weighted by atomic mass is 10.1. The van der Waals surface area contributed by atoms with Crippen LogP contribution in [0, 0.1) is 13.8 Å². The first kappa shape index (κ1) is 17.8. The van der Waals surface area contributed by atoms with Gasteiger partial charge in [-0.2, -0.15) is 0 Å². The van der Waals surface area contributed by atoms with E-state index in [4.69, 9.17) is 9.47 Å². The average Bonchev–Trinajstić information content (AvgIpc) is 3.15. The summed E-state index contributed by atoms with van der Waals surface area (Å²) in [7, 11) is 0. The highest BCUT2D eigenvalue weighted by atomic mass is 16.7. The molecule has 0 fully saturated rings. The van der Waals surface area contributed by atoms with Crippen LogP contribution in [0.4, 0.5) is 11.5 Å². The van der Waals surface area contributed by atoms with Crippen LogP contribution in [0.25, 0.3) is 0 Å². The Morgan fingerprint density at radius 1 is 1.04 bits per heavy atom. The third-order valence-electron chi connectivity index (χ3n) is 4.42. The standard InChI is InChI=1S/C21H20N4O3/c1-13-5-3-4-6-15(13)11-22-20-10-17(23-14(2)24-20)21(26)25-16-7-8-18-19(9-16)28-12-27-18/h3-10H,11-12H2,1-2H3,(H,25,26)(H,22,23,24). The summed E-state index contributed by atoms with van der Waals surface area (Å²) in [6.45, 7) is 4.63. The van der Waals surface area contributed by atoms with Gasteiger partial charge in [0.25, 0.3) is 5.91 Å². The molecule has 0 saturated carbocycles. The topological polar surface area (TPSA) is 85.4 Å². The summed E-state index contributed by atoms with van der Waals surface area (Å²) in [5.41, 5.74) is 3.27. The number of benzene rings is 2. The third-order valence-corrected chi connectivity index (χ3v) is 4.42. The molecule has 28 heavy (non-hydrogen) atoms. The first-order chi connectivity index (χ1) is 13.6. The number of fused-ring (bicyclic) bond motifs is 1. The van der Waals surface area contributed by atoms with E-state index in [1.165, 1.54) is 11.1 Å². The third kappa shape index (κ3) is 3.88. The largest absolute Gasteiger partial charge is 0.454 e. The molecule has 3 aromatic rings. The van der Waals surface area contributed by atoms with Gasteiger partial charge in [0.15, 0.2) is 11.5 Å². The van der Waals surface area contributed by atoms with Crippen molar-refractivity contribution >= 4 is 17.4 Å². The molecule has 1 aromatic heterocycles. The molecule has 0 bridgehead atoms. The maximum atomic E-state index is 12.6. The Kier molecular flexibility index (Phi) is 4.80. The van der Waals surface area contributed by atoms with E-state index in [-0.39, 0.29) is 18.4 Å². The van der Waals surface area contributed by atoms with Gasteiger partial charge in [-0.15, -0.1) is 0 Å². The van der Waals surface area contributed by atoms with Crippen molar-refractivity contribution in [2.45, 2.75) is 20.4 Å². The molecule has 2 heterocycles. The quantitative estimate of drug-likeness (QED) is 0.706. The normalized spacial score (nSPS) is 11.9. The minimum Gasteiger partial charge on any atom is -0.454 e. The van der Waals surface area contributed by atoms with Crippen LogP contribution in [-0.2, 0) is 6.54 Å². The Labute approximate surface area is 162 Å². The SMILES string of the molecule is Cc1nc(NCc2ccccc2C)cc(C(=O)Nc2ccc3c(c2)OCO3)n1. The first-order valence-electron chi connectivity index (χ1n) is 8.93. The zero-order valence-electron chi connectivity index (χ0n) is 15.7. The summed E-state index contributed by atoms with van der Waals surface area (Å²) in [5, 5.41) is 6.10. The molecular weight excluding hydrogens is 356 g/mol. The van der Waals surface area contributed by atoms with Crippen molar-refractivity contribution in [1.82, 2.24) is 9.97 Å². The number of carbonyl (C=O) groups excluding carboxylic acids is 1. The highest BCUT2D eigenvalue weighted by Gasteiger charge is 2.16. The molecule has 2 aromatic carbocycles. The summed E-state index contributed by atoms with van der Waals surface area (Å²) in [6, 6.07) is 15.0. The van der Waals surface area contributed by atoms with Crippen LogP contribution < -0.4 is 20.1 Å². The molecule has 1 amide bonds. The summed E-state index contributed by atoms with van der Waals surface area (Å²) in [4.78, 5) is 21.3. The minimum atomic E-state index is -0.316. The van der Waals surface area contributed by atoms with Gasteiger partial charge in [0, 0.05) is 24.4 Å². The van der Waals surface area contributed by atoms with E-state index >= 15 is 0 Å². The van der Waals surface area contributed by atoms with Gasteiger partial charge in [0.1, 0.15) is 17.3 Å². The molecule has 0 radical (unpaired) electrons. The van der Waals surface area contributed by atoms with Gasteiger partial charge in [-0.25, -0.2) is 9.97 Å². The number of nitrogens with one attached hydrogen (secondary N) is 2. The van der Waals surface area contributed by atoms with Gasteiger partial charge in [-0.3, -0.25) is 4.79 Å². The predicted octanol–water partition coefficient (Wildman–Crippen LogP) is 3.69.